The number of hydrogen-bond donors (Lipinski definition) is 1. The van der Waals surface area contributed by atoms with Crippen LogP contribution >= 0.6 is 0 Å². The van der Waals surface area contributed by atoms with E-state index in [2.05, 4.69) is 41.4 Å². The van der Waals surface area contributed by atoms with Crippen LogP contribution in [0.5, 0.6) is 5.75 Å². The Bertz CT molecular complexity index is 1290. The van der Waals surface area contributed by atoms with Gasteiger partial charge in [-0.25, -0.2) is 4.79 Å². The van der Waals surface area contributed by atoms with E-state index >= 15 is 0 Å². The van der Waals surface area contributed by atoms with Crippen molar-refractivity contribution in [1.29, 1.82) is 0 Å². The molecule has 4 aromatic rings. The molecule has 4 nitrogen and oxygen atoms in total. The highest BCUT2D eigenvalue weighted by Gasteiger charge is 2.36. The van der Waals surface area contributed by atoms with Gasteiger partial charge in [0.25, 0.3) is 0 Å². The molecule has 0 bridgehead atoms. The maximum Gasteiger partial charge on any atom is 0.340 e. The molecule has 31 heavy (non-hydrogen) atoms. The van der Waals surface area contributed by atoms with E-state index in [0.29, 0.717) is 12.0 Å². The Morgan fingerprint density at radius 2 is 1.61 bits per heavy atom. The minimum Gasteiger partial charge on any atom is -0.496 e. The predicted molar refractivity (Wildman–Crippen MR) is 123 cm³/mol. The highest BCUT2D eigenvalue weighted by atomic mass is 16.5. The van der Waals surface area contributed by atoms with Gasteiger partial charge in [0.15, 0.2) is 0 Å². The molecule has 1 atom stereocenters. The number of rotatable bonds is 4. The fourth-order valence-corrected chi connectivity index (χ4v) is 4.71. The highest BCUT2D eigenvalue weighted by Crippen LogP contribution is 2.50. The van der Waals surface area contributed by atoms with Crippen molar-refractivity contribution < 1.29 is 14.3 Å². The van der Waals surface area contributed by atoms with Crippen LogP contribution in [0.4, 0.5) is 0 Å². The summed E-state index contributed by atoms with van der Waals surface area (Å²) in [5.74, 6) is 0.533. The monoisotopic (exact) mass is 409 g/mol. The molecule has 1 unspecified atom stereocenters. The normalized spacial score (nSPS) is 15.6. The fourth-order valence-electron chi connectivity index (χ4n) is 4.71. The van der Waals surface area contributed by atoms with Gasteiger partial charge in [0.05, 0.1) is 25.5 Å². The summed E-state index contributed by atoms with van der Waals surface area (Å²) in [7, 11) is 3.12. The standard InChI is InChI=1S/C27H23NO3/c1-30-22-15-9-14-21-25(22)23-19(17-10-5-3-6-11-17)16-20(18-12-7-4-8-13-18)24(26(23)28-21)27(29)31-2/h3-15,19,28H,16H2,1-2H3. The largest absolute Gasteiger partial charge is 0.496 e. The first kappa shape index (κ1) is 19.2. The van der Waals surface area contributed by atoms with Crippen molar-refractivity contribution in [3.05, 3.63) is 101 Å². The van der Waals surface area contributed by atoms with Crippen molar-refractivity contribution in [3.8, 4) is 5.75 Å². The minimum absolute atomic E-state index is 0.0739. The summed E-state index contributed by atoms with van der Waals surface area (Å²) in [5.41, 5.74) is 6.64. The van der Waals surface area contributed by atoms with Crippen LogP contribution in [0.25, 0.3) is 22.0 Å². The second kappa shape index (κ2) is 7.80. The van der Waals surface area contributed by atoms with Crippen LogP contribution in [0.2, 0.25) is 0 Å². The second-order valence-electron chi connectivity index (χ2n) is 7.68. The van der Waals surface area contributed by atoms with Crippen molar-refractivity contribution in [1.82, 2.24) is 4.98 Å². The smallest absolute Gasteiger partial charge is 0.340 e. The molecule has 1 aliphatic rings. The van der Waals surface area contributed by atoms with Crippen LogP contribution in [0.15, 0.2) is 78.9 Å². The number of benzene rings is 3. The molecule has 0 aliphatic heterocycles. The van der Waals surface area contributed by atoms with Crippen molar-refractivity contribution in [2.75, 3.05) is 14.2 Å². The number of nitrogens with one attached hydrogen (secondary N) is 1. The molecular formula is C27H23NO3. The van der Waals surface area contributed by atoms with Crippen molar-refractivity contribution >= 4 is 28.0 Å². The number of carbonyl (C=O) groups is 1. The first-order valence-electron chi connectivity index (χ1n) is 10.3. The van der Waals surface area contributed by atoms with Gasteiger partial charge in [0.2, 0.25) is 0 Å². The molecule has 5 rings (SSSR count). The zero-order chi connectivity index (χ0) is 21.4. The average molecular weight is 409 g/mol. The first-order valence-corrected chi connectivity index (χ1v) is 10.3. The molecule has 1 aliphatic carbocycles. The first-order chi connectivity index (χ1) is 15.2. The zero-order valence-electron chi connectivity index (χ0n) is 17.5. The summed E-state index contributed by atoms with van der Waals surface area (Å²) in [5, 5.41) is 1.02. The number of esters is 1. The summed E-state index contributed by atoms with van der Waals surface area (Å²) >= 11 is 0. The third-order valence-corrected chi connectivity index (χ3v) is 6.07. The van der Waals surface area contributed by atoms with E-state index in [0.717, 1.165) is 39.0 Å². The second-order valence-corrected chi connectivity index (χ2v) is 7.68. The van der Waals surface area contributed by atoms with Crippen LogP contribution in [0.3, 0.4) is 0 Å². The lowest BCUT2D eigenvalue weighted by Crippen LogP contribution is -2.17. The lowest BCUT2D eigenvalue weighted by molar-refractivity contribution is -0.133. The molecule has 0 spiro atoms. The van der Waals surface area contributed by atoms with E-state index in [1.165, 1.54) is 12.7 Å². The van der Waals surface area contributed by atoms with E-state index in [1.807, 2.05) is 42.5 Å². The Balaban J connectivity index is 1.88. The van der Waals surface area contributed by atoms with E-state index < -0.39 is 0 Å². The molecule has 1 N–H and O–H groups in total. The van der Waals surface area contributed by atoms with E-state index in [-0.39, 0.29) is 11.9 Å². The minimum atomic E-state index is -0.336. The van der Waals surface area contributed by atoms with Crippen LogP contribution in [0.1, 0.15) is 34.7 Å². The van der Waals surface area contributed by atoms with Gasteiger partial charge in [0, 0.05) is 16.8 Å². The topological polar surface area (TPSA) is 51.3 Å². The van der Waals surface area contributed by atoms with Gasteiger partial charge in [0.1, 0.15) is 5.75 Å². The fraction of sp³-hybridized carbons (Fsp3) is 0.148. The maximum atomic E-state index is 13.1. The lowest BCUT2D eigenvalue weighted by atomic mass is 9.75. The Hall–Kier alpha value is -3.79. The van der Waals surface area contributed by atoms with Gasteiger partial charge >= 0.3 is 5.97 Å². The summed E-state index contributed by atoms with van der Waals surface area (Å²) < 4.78 is 11.0. The molecule has 0 radical (unpaired) electrons. The summed E-state index contributed by atoms with van der Waals surface area (Å²) in [4.78, 5) is 16.6. The molecule has 3 aromatic carbocycles. The van der Waals surface area contributed by atoms with Gasteiger partial charge in [-0.1, -0.05) is 66.7 Å². The molecular weight excluding hydrogens is 386 g/mol. The number of hydrogen-bond acceptors (Lipinski definition) is 3. The number of carbonyl (C=O) groups excluding carboxylic acids is 1. The number of aromatic amines is 1. The number of fused-ring (bicyclic) bond motifs is 3. The SMILES string of the molecule is COC(=O)C1=C(c2ccccc2)CC(c2ccccc2)c2c1[nH]c1cccc(OC)c21. The Labute approximate surface area is 181 Å². The predicted octanol–water partition coefficient (Wildman–Crippen LogP) is 5.80. The Morgan fingerprint density at radius 1 is 0.903 bits per heavy atom. The Kier molecular flexibility index (Phi) is 4.83. The van der Waals surface area contributed by atoms with Crippen LogP contribution < -0.4 is 4.74 Å². The van der Waals surface area contributed by atoms with Crippen LogP contribution in [0, 0.1) is 0 Å². The van der Waals surface area contributed by atoms with Gasteiger partial charge in [-0.2, -0.15) is 0 Å². The molecule has 0 fully saturated rings. The maximum absolute atomic E-state index is 13.1. The summed E-state index contributed by atoms with van der Waals surface area (Å²) in [6, 6.07) is 26.5. The van der Waals surface area contributed by atoms with Gasteiger partial charge in [-0.3, -0.25) is 0 Å². The zero-order valence-corrected chi connectivity index (χ0v) is 17.5. The molecule has 1 heterocycles. The number of H-pyrrole nitrogens is 1. The molecule has 0 amide bonds. The summed E-state index contributed by atoms with van der Waals surface area (Å²) in [6.07, 6.45) is 0.691. The number of methoxy groups -OCH3 is 2. The van der Waals surface area contributed by atoms with Crippen molar-refractivity contribution in [3.63, 3.8) is 0 Å². The molecule has 0 saturated heterocycles. The number of allylic oxidation sites excluding steroid dienone is 1. The van der Waals surface area contributed by atoms with E-state index in [1.54, 1.807) is 7.11 Å². The van der Waals surface area contributed by atoms with Crippen LogP contribution in [-0.4, -0.2) is 25.2 Å². The van der Waals surface area contributed by atoms with Crippen molar-refractivity contribution in [2.24, 2.45) is 0 Å². The van der Waals surface area contributed by atoms with Crippen molar-refractivity contribution in [2.45, 2.75) is 12.3 Å². The van der Waals surface area contributed by atoms with Gasteiger partial charge < -0.3 is 14.5 Å². The van der Waals surface area contributed by atoms with Gasteiger partial charge in [-0.15, -0.1) is 0 Å². The summed E-state index contributed by atoms with van der Waals surface area (Å²) in [6.45, 7) is 0. The van der Waals surface area contributed by atoms with Gasteiger partial charge in [-0.05, 0) is 40.8 Å². The number of aromatic nitrogens is 1. The Morgan fingerprint density at radius 3 is 2.29 bits per heavy atom. The molecule has 0 saturated carbocycles. The highest BCUT2D eigenvalue weighted by molar-refractivity contribution is 6.26. The number of ether oxygens (including phenoxy) is 2. The lowest BCUT2D eigenvalue weighted by Gasteiger charge is -2.28. The third kappa shape index (κ3) is 3.12. The van der Waals surface area contributed by atoms with E-state index in [4.69, 9.17) is 9.47 Å². The quantitative estimate of drug-likeness (QED) is 0.434. The molecule has 1 aromatic heterocycles. The van der Waals surface area contributed by atoms with E-state index in [9.17, 15) is 4.79 Å². The van der Waals surface area contributed by atoms with Crippen LogP contribution in [-0.2, 0) is 9.53 Å². The molecule has 154 valence electrons. The molecule has 4 heteroatoms. The third-order valence-electron chi connectivity index (χ3n) is 6.07. The average Bonchev–Trinajstić information content (AvgIpc) is 3.23.